The van der Waals surface area contributed by atoms with Gasteiger partial charge in [0.1, 0.15) is 18.5 Å². The minimum absolute atomic E-state index is 0.0134. The van der Waals surface area contributed by atoms with E-state index in [2.05, 4.69) is 20.4 Å². The molecule has 2 amide bonds. The quantitative estimate of drug-likeness (QED) is 0.679. The van der Waals surface area contributed by atoms with Gasteiger partial charge in [0.05, 0.1) is 11.6 Å². The van der Waals surface area contributed by atoms with Crippen LogP contribution in [0.3, 0.4) is 0 Å². The monoisotopic (exact) mass is 424 g/mol. The number of aromatic nitrogens is 4. The summed E-state index contributed by atoms with van der Waals surface area (Å²) >= 11 is 5.81. The third-order valence-corrected chi connectivity index (χ3v) is 5.37. The molecule has 1 aliphatic rings. The first kappa shape index (κ1) is 20.0. The number of pyridine rings is 1. The van der Waals surface area contributed by atoms with Crippen molar-refractivity contribution < 1.29 is 9.59 Å². The standard InChI is InChI=1S/C21H21ClN6O2/c22-18-5-6-19(24-11-18)26-20(29)16-7-9-27(10-8-16)21(30)17-3-1-15(2-4-17)12-28-14-23-13-25-28/h1-6,11,13-14,16H,7-10,12H2,(H,24,26,29). The number of nitrogens with one attached hydrogen (secondary N) is 1. The second-order valence-corrected chi connectivity index (χ2v) is 7.64. The van der Waals surface area contributed by atoms with Gasteiger partial charge in [-0.2, -0.15) is 5.10 Å². The van der Waals surface area contributed by atoms with E-state index in [-0.39, 0.29) is 17.7 Å². The van der Waals surface area contributed by atoms with Crippen LogP contribution in [0.5, 0.6) is 0 Å². The average molecular weight is 425 g/mol. The number of halogens is 1. The summed E-state index contributed by atoms with van der Waals surface area (Å²) in [5.41, 5.74) is 1.69. The molecule has 0 unspecified atom stereocenters. The number of hydrogen-bond acceptors (Lipinski definition) is 5. The maximum atomic E-state index is 12.8. The Morgan fingerprint density at radius 2 is 1.87 bits per heavy atom. The molecule has 154 valence electrons. The molecule has 2 aromatic heterocycles. The number of carbonyl (C=O) groups is 2. The summed E-state index contributed by atoms with van der Waals surface area (Å²) in [5, 5.41) is 7.42. The van der Waals surface area contributed by atoms with Crippen molar-refractivity contribution in [2.75, 3.05) is 18.4 Å². The normalized spacial score (nSPS) is 14.5. The molecule has 0 aliphatic carbocycles. The van der Waals surface area contributed by atoms with Gasteiger partial charge in [-0.25, -0.2) is 14.6 Å². The van der Waals surface area contributed by atoms with E-state index in [0.717, 1.165) is 5.56 Å². The van der Waals surface area contributed by atoms with Gasteiger partial charge >= 0.3 is 0 Å². The van der Waals surface area contributed by atoms with Crippen LogP contribution >= 0.6 is 11.6 Å². The molecule has 1 N–H and O–H groups in total. The average Bonchev–Trinajstić information content (AvgIpc) is 3.28. The third-order valence-electron chi connectivity index (χ3n) is 5.14. The fraction of sp³-hybridized carbons (Fsp3) is 0.286. The molecule has 0 radical (unpaired) electrons. The van der Waals surface area contributed by atoms with Crippen molar-refractivity contribution in [3.63, 3.8) is 0 Å². The predicted molar refractivity (Wildman–Crippen MR) is 112 cm³/mol. The zero-order valence-corrected chi connectivity index (χ0v) is 17.0. The summed E-state index contributed by atoms with van der Waals surface area (Å²) < 4.78 is 1.73. The summed E-state index contributed by atoms with van der Waals surface area (Å²) in [6.07, 6.45) is 5.89. The highest BCUT2D eigenvalue weighted by Gasteiger charge is 2.28. The predicted octanol–water partition coefficient (Wildman–Crippen LogP) is 2.87. The highest BCUT2D eigenvalue weighted by molar-refractivity contribution is 6.30. The van der Waals surface area contributed by atoms with Crippen LogP contribution < -0.4 is 5.32 Å². The number of benzene rings is 1. The Labute approximate surface area is 178 Å². The van der Waals surface area contributed by atoms with E-state index in [0.29, 0.717) is 48.9 Å². The van der Waals surface area contributed by atoms with Crippen molar-refractivity contribution in [3.8, 4) is 0 Å². The van der Waals surface area contributed by atoms with Crippen LogP contribution in [-0.4, -0.2) is 49.6 Å². The Balaban J connectivity index is 1.29. The molecule has 3 heterocycles. The lowest BCUT2D eigenvalue weighted by Gasteiger charge is -2.31. The van der Waals surface area contributed by atoms with Crippen molar-refractivity contribution in [1.82, 2.24) is 24.6 Å². The molecule has 4 rings (SSSR count). The lowest BCUT2D eigenvalue weighted by atomic mass is 9.95. The zero-order valence-electron chi connectivity index (χ0n) is 16.2. The largest absolute Gasteiger partial charge is 0.339 e. The Kier molecular flexibility index (Phi) is 6.04. The Bertz CT molecular complexity index is 997. The second-order valence-electron chi connectivity index (χ2n) is 7.21. The maximum absolute atomic E-state index is 12.8. The summed E-state index contributed by atoms with van der Waals surface area (Å²) in [5.74, 6) is 0.250. The molecule has 0 atom stereocenters. The SMILES string of the molecule is O=C(Nc1ccc(Cl)cn1)C1CCN(C(=O)c2ccc(Cn3cncn3)cc2)CC1. The zero-order chi connectivity index (χ0) is 20.9. The molecule has 1 fully saturated rings. The van der Waals surface area contributed by atoms with Gasteiger partial charge in [0, 0.05) is 30.8 Å². The van der Waals surface area contributed by atoms with E-state index in [4.69, 9.17) is 11.6 Å². The minimum Gasteiger partial charge on any atom is -0.339 e. The van der Waals surface area contributed by atoms with Crippen molar-refractivity contribution in [3.05, 3.63) is 71.4 Å². The molecular formula is C21H21ClN6O2. The van der Waals surface area contributed by atoms with Crippen molar-refractivity contribution in [2.45, 2.75) is 19.4 Å². The Morgan fingerprint density at radius 3 is 2.50 bits per heavy atom. The number of hydrogen-bond donors (Lipinski definition) is 1. The van der Waals surface area contributed by atoms with Gasteiger partial charge in [0.25, 0.3) is 5.91 Å². The third kappa shape index (κ3) is 4.83. The first-order valence-corrected chi connectivity index (χ1v) is 10.1. The molecule has 3 aromatic rings. The summed E-state index contributed by atoms with van der Waals surface area (Å²) in [4.78, 5) is 35.1. The van der Waals surface area contributed by atoms with Gasteiger partial charge in [-0.15, -0.1) is 0 Å². The summed E-state index contributed by atoms with van der Waals surface area (Å²) in [7, 11) is 0. The second kappa shape index (κ2) is 9.04. The van der Waals surface area contributed by atoms with Crippen LogP contribution in [0.1, 0.15) is 28.8 Å². The number of anilines is 1. The van der Waals surface area contributed by atoms with Crippen LogP contribution in [0.25, 0.3) is 0 Å². The fourth-order valence-electron chi connectivity index (χ4n) is 3.46. The number of piperidine rings is 1. The van der Waals surface area contributed by atoms with E-state index in [1.807, 2.05) is 24.3 Å². The number of rotatable bonds is 5. The first-order valence-electron chi connectivity index (χ1n) is 9.71. The van der Waals surface area contributed by atoms with E-state index in [9.17, 15) is 9.59 Å². The van der Waals surface area contributed by atoms with Gasteiger partial charge < -0.3 is 10.2 Å². The first-order chi connectivity index (χ1) is 14.6. The molecular weight excluding hydrogens is 404 g/mol. The van der Waals surface area contributed by atoms with Crippen molar-refractivity contribution >= 4 is 29.2 Å². The Hall–Kier alpha value is -3.26. The molecule has 0 bridgehead atoms. The smallest absolute Gasteiger partial charge is 0.253 e. The topological polar surface area (TPSA) is 93.0 Å². The van der Waals surface area contributed by atoms with Crippen LogP contribution in [0.4, 0.5) is 5.82 Å². The van der Waals surface area contributed by atoms with Crippen LogP contribution in [0.15, 0.2) is 55.2 Å². The Morgan fingerprint density at radius 1 is 1.10 bits per heavy atom. The van der Waals surface area contributed by atoms with Crippen LogP contribution in [-0.2, 0) is 11.3 Å². The highest BCUT2D eigenvalue weighted by atomic mass is 35.5. The van der Waals surface area contributed by atoms with Gasteiger partial charge in [-0.05, 0) is 42.7 Å². The summed E-state index contributed by atoms with van der Waals surface area (Å²) in [6, 6.07) is 10.9. The molecule has 8 nitrogen and oxygen atoms in total. The number of likely N-dealkylation sites (tertiary alicyclic amines) is 1. The van der Waals surface area contributed by atoms with E-state index in [1.165, 1.54) is 12.5 Å². The van der Waals surface area contributed by atoms with Gasteiger partial charge in [0.2, 0.25) is 5.91 Å². The van der Waals surface area contributed by atoms with Crippen molar-refractivity contribution in [2.24, 2.45) is 5.92 Å². The molecule has 30 heavy (non-hydrogen) atoms. The number of nitrogens with zero attached hydrogens (tertiary/aromatic N) is 5. The van der Waals surface area contributed by atoms with Crippen molar-refractivity contribution in [1.29, 1.82) is 0 Å². The number of carbonyl (C=O) groups excluding carboxylic acids is 2. The van der Waals surface area contributed by atoms with Gasteiger partial charge in [-0.1, -0.05) is 23.7 Å². The molecule has 9 heteroatoms. The minimum atomic E-state index is -0.142. The van der Waals surface area contributed by atoms with E-state index in [1.54, 1.807) is 28.0 Å². The molecule has 1 saturated heterocycles. The lowest BCUT2D eigenvalue weighted by molar-refractivity contribution is -0.121. The highest BCUT2D eigenvalue weighted by Crippen LogP contribution is 2.21. The van der Waals surface area contributed by atoms with Crippen LogP contribution in [0.2, 0.25) is 5.02 Å². The number of amides is 2. The lowest BCUT2D eigenvalue weighted by Crippen LogP contribution is -2.41. The van der Waals surface area contributed by atoms with E-state index >= 15 is 0 Å². The maximum Gasteiger partial charge on any atom is 0.253 e. The van der Waals surface area contributed by atoms with E-state index < -0.39 is 0 Å². The van der Waals surface area contributed by atoms with Gasteiger partial charge in [-0.3, -0.25) is 9.59 Å². The van der Waals surface area contributed by atoms with Crippen LogP contribution in [0, 0.1) is 5.92 Å². The van der Waals surface area contributed by atoms with Gasteiger partial charge in [0.15, 0.2) is 0 Å². The fourth-order valence-corrected chi connectivity index (χ4v) is 3.57. The molecule has 0 spiro atoms. The molecule has 1 aliphatic heterocycles. The molecule has 0 saturated carbocycles. The molecule has 1 aromatic carbocycles. The summed E-state index contributed by atoms with van der Waals surface area (Å²) in [6.45, 7) is 1.70.